The number of nitrogens with one attached hydrogen (secondary N) is 2. The Bertz CT molecular complexity index is 653. The third-order valence-electron chi connectivity index (χ3n) is 3.76. The van der Waals surface area contributed by atoms with E-state index in [1.807, 2.05) is 24.3 Å². The van der Waals surface area contributed by atoms with Gasteiger partial charge in [-0.15, -0.1) is 0 Å². The maximum atomic E-state index is 6.22. The molecule has 1 aromatic carbocycles. The molecule has 0 unspecified atom stereocenters. The van der Waals surface area contributed by atoms with E-state index in [0.717, 1.165) is 31.9 Å². The first-order chi connectivity index (χ1) is 11.1. The number of piperazine rings is 1. The molecule has 1 saturated heterocycles. The van der Waals surface area contributed by atoms with Gasteiger partial charge in [0.15, 0.2) is 11.6 Å². The molecule has 4 N–H and O–H groups in total. The number of hydrogen-bond acceptors (Lipinski definition) is 7. The zero-order valence-corrected chi connectivity index (χ0v) is 15.1. The fraction of sp³-hybridized carbons (Fsp3) is 0.333. The summed E-state index contributed by atoms with van der Waals surface area (Å²) in [5.74, 6) is 1.25. The molecule has 2 heterocycles. The first-order valence-electron chi connectivity index (χ1n) is 7.45. The molecule has 3 rings (SSSR count). The van der Waals surface area contributed by atoms with Crippen LogP contribution in [0.1, 0.15) is 0 Å². The smallest absolute Gasteiger partial charge is 0.169 e. The van der Waals surface area contributed by atoms with Crippen LogP contribution in [-0.2, 0) is 0 Å². The van der Waals surface area contributed by atoms with Crippen molar-refractivity contribution < 1.29 is 0 Å². The van der Waals surface area contributed by atoms with Gasteiger partial charge in [0.05, 0.1) is 0 Å². The first-order valence-corrected chi connectivity index (χ1v) is 8.53. The molecule has 0 saturated carbocycles. The van der Waals surface area contributed by atoms with Crippen molar-refractivity contribution in [2.45, 2.75) is 0 Å². The number of rotatable bonds is 4. The van der Waals surface area contributed by atoms with Crippen molar-refractivity contribution >= 4 is 45.6 Å². The average Bonchev–Trinajstić information content (AvgIpc) is 2.55. The number of aromatic nitrogens is 2. The number of anilines is 4. The molecule has 0 amide bonds. The van der Waals surface area contributed by atoms with Crippen LogP contribution in [-0.4, -0.2) is 53.1 Å². The summed E-state index contributed by atoms with van der Waals surface area (Å²) >= 11 is 2.27. The summed E-state index contributed by atoms with van der Waals surface area (Å²) in [6, 6.07) is 8.06. The van der Waals surface area contributed by atoms with Crippen molar-refractivity contribution in [2.24, 2.45) is 0 Å². The summed E-state index contributed by atoms with van der Waals surface area (Å²) in [6.07, 6.45) is 1.52. The van der Waals surface area contributed by atoms with Gasteiger partial charge in [-0.1, -0.05) is 0 Å². The molecule has 1 aromatic heterocycles. The summed E-state index contributed by atoms with van der Waals surface area (Å²) < 4.78 is 1.18. The van der Waals surface area contributed by atoms with Gasteiger partial charge in [0.25, 0.3) is 0 Å². The number of nitrogen functional groups attached to an aromatic ring is 1. The third-order valence-corrected chi connectivity index (χ3v) is 4.48. The summed E-state index contributed by atoms with van der Waals surface area (Å²) in [5.41, 5.74) is 11.0. The molecule has 122 valence electrons. The molecule has 2 aromatic rings. The Morgan fingerprint density at radius 2 is 1.70 bits per heavy atom. The highest BCUT2D eigenvalue weighted by Crippen LogP contribution is 2.26. The average molecular weight is 425 g/mol. The van der Waals surface area contributed by atoms with E-state index in [4.69, 9.17) is 5.73 Å². The van der Waals surface area contributed by atoms with E-state index in [1.54, 1.807) is 0 Å². The van der Waals surface area contributed by atoms with Crippen LogP contribution < -0.4 is 16.5 Å². The third kappa shape index (κ3) is 4.21. The minimum Gasteiger partial charge on any atom is -0.393 e. The molecule has 1 fully saturated rings. The van der Waals surface area contributed by atoms with Gasteiger partial charge in [-0.3, -0.25) is 0 Å². The number of hydrogen-bond donors (Lipinski definition) is 3. The molecular weight excluding hydrogens is 405 g/mol. The van der Waals surface area contributed by atoms with Gasteiger partial charge in [-0.25, -0.2) is 15.0 Å². The Hall–Kier alpha value is -1.65. The van der Waals surface area contributed by atoms with Crippen molar-refractivity contribution in [3.63, 3.8) is 0 Å². The molecule has 0 aliphatic carbocycles. The second-order valence-corrected chi connectivity index (χ2v) is 6.76. The van der Waals surface area contributed by atoms with E-state index in [0.29, 0.717) is 17.3 Å². The fourth-order valence-corrected chi connectivity index (χ4v) is 2.68. The van der Waals surface area contributed by atoms with Gasteiger partial charge >= 0.3 is 0 Å². The van der Waals surface area contributed by atoms with Crippen LogP contribution in [0.2, 0.25) is 0 Å². The second-order valence-electron chi connectivity index (χ2n) is 5.52. The van der Waals surface area contributed by atoms with Gasteiger partial charge in [-0.2, -0.15) is 0 Å². The second kappa shape index (κ2) is 7.28. The first kappa shape index (κ1) is 16.2. The standard InChI is InChI=1S/C15H20IN7/c1-22-6-8-23(9-7-22)21-15-13(17)14(18-10-19-15)20-12-4-2-11(16)3-5-12/h2-5,10H,6-9,17H2,1H3,(H2,18,19,20,21). The Labute approximate surface area is 149 Å². The lowest BCUT2D eigenvalue weighted by molar-refractivity contribution is 0.178. The number of nitrogens with two attached hydrogens (primary N) is 1. The number of benzene rings is 1. The summed E-state index contributed by atoms with van der Waals surface area (Å²) in [6.45, 7) is 3.90. The molecule has 23 heavy (non-hydrogen) atoms. The van der Waals surface area contributed by atoms with Gasteiger partial charge in [0.2, 0.25) is 0 Å². The van der Waals surface area contributed by atoms with Crippen LogP contribution in [0.4, 0.5) is 23.0 Å². The Balaban J connectivity index is 1.71. The number of likely N-dealkylation sites (N-methyl/N-ethyl adjacent to an activating group) is 1. The molecule has 1 aliphatic heterocycles. The highest BCUT2D eigenvalue weighted by atomic mass is 127. The molecule has 8 heteroatoms. The molecule has 0 spiro atoms. The predicted octanol–water partition coefficient (Wildman–Crippen LogP) is 1.98. The lowest BCUT2D eigenvalue weighted by Gasteiger charge is -2.32. The summed E-state index contributed by atoms with van der Waals surface area (Å²) in [5, 5.41) is 5.37. The molecule has 0 atom stereocenters. The van der Waals surface area contributed by atoms with E-state index < -0.39 is 0 Å². The van der Waals surface area contributed by atoms with E-state index in [2.05, 4.69) is 60.3 Å². The molecular formula is C15H20IN7. The normalized spacial score (nSPS) is 16.3. The maximum Gasteiger partial charge on any atom is 0.169 e. The predicted molar refractivity (Wildman–Crippen MR) is 102 cm³/mol. The molecule has 1 aliphatic rings. The van der Waals surface area contributed by atoms with Crippen molar-refractivity contribution in [2.75, 3.05) is 49.7 Å². The SMILES string of the molecule is CN1CCN(Nc2ncnc(Nc3ccc(I)cc3)c2N)CC1. The van der Waals surface area contributed by atoms with Gasteiger partial charge in [0.1, 0.15) is 12.0 Å². The highest BCUT2D eigenvalue weighted by molar-refractivity contribution is 14.1. The Morgan fingerprint density at radius 3 is 2.39 bits per heavy atom. The number of halogens is 1. The van der Waals surface area contributed by atoms with Crippen molar-refractivity contribution in [1.29, 1.82) is 0 Å². The lowest BCUT2D eigenvalue weighted by Crippen LogP contribution is -2.47. The Morgan fingerprint density at radius 1 is 1.04 bits per heavy atom. The zero-order chi connectivity index (χ0) is 16.2. The van der Waals surface area contributed by atoms with Crippen LogP contribution in [0.3, 0.4) is 0 Å². The van der Waals surface area contributed by atoms with Crippen LogP contribution in [0.15, 0.2) is 30.6 Å². The van der Waals surface area contributed by atoms with E-state index >= 15 is 0 Å². The van der Waals surface area contributed by atoms with Gasteiger partial charge < -0.3 is 21.4 Å². The molecule has 0 radical (unpaired) electrons. The largest absolute Gasteiger partial charge is 0.393 e. The van der Waals surface area contributed by atoms with Crippen molar-refractivity contribution in [1.82, 2.24) is 19.9 Å². The highest BCUT2D eigenvalue weighted by Gasteiger charge is 2.16. The summed E-state index contributed by atoms with van der Waals surface area (Å²) in [4.78, 5) is 10.8. The van der Waals surface area contributed by atoms with Crippen LogP contribution in [0.25, 0.3) is 0 Å². The van der Waals surface area contributed by atoms with E-state index in [-0.39, 0.29) is 0 Å². The van der Waals surface area contributed by atoms with Gasteiger partial charge in [-0.05, 0) is 53.9 Å². The number of hydrazine groups is 1. The van der Waals surface area contributed by atoms with Crippen LogP contribution in [0.5, 0.6) is 0 Å². The molecule has 0 bridgehead atoms. The van der Waals surface area contributed by atoms with Crippen LogP contribution >= 0.6 is 22.6 Å². The van der Waals surface area contributed by atoms with Crippen molar-refractivity contribution in [3.8, 4) is 0 Å². The quantitative estimate of drug-likeness (QED) is 0.647. The lowest BCUT2D eigenvalue weighted by atomic mass is 10.3. The summed E-state index contributed by atoms with van der Waals surface area (Å²) in [7, 11) is 2.12. The van der Waals surface area contributed by atoms with Crippen LogP contribution in [0, 0.1) is 3.57 Å². The fourth-order valence-electron chi connectivity index (χ4n) is 2.32. The topological polar surface area (TPSA) is 82.3 Å². The van der Waals surface area contributed by atoms with Gasteiger partial charge in [0, 0.05) is 35.4 Å². The van der Waals surface area contributed by atoms with E-state index in [9.17, 15) is 0 Å². The van der Waals surface area contributed by atoms with E-state index in [1.165, 1.54) is 9.90 Å². The minimum absolute atomic E-state index is 0.518. The maximum absolute atomic E-state index is 6.22. The van der Waals surface area contributed by atoms with Crippen molar-refractivity contribution in [3.05, 3.63) is 34.2 Å². The monoisotopic (exact) mass is 425 g/mol. The zero-order valence-electron chi connectivity index (χ0n) is 13.0. The Kier molecular flexibility index (Phi) is 5.13. The number of nitrogens with zero attached hydrogens (tertiary/aromatic N) is 4. The molecule has 7 nitrogen and oxygen atoms in total. The minimum atomic E-state index is 0.518.